The Morgan fingerprint density at radius 3 is 2.35 bits per heavy atom. The molecule has 2 fully saturated rings. The molecular weight excluding hydrogens is 276 g/mol. The number of ether oxygens (including phenoxy) is 1. The Kier molecular flexibility index (Phi) is 4.65. The number of carbonyl (C=O) groups excluding carboxylic acids is 1. The molecule has 2 unspecified atom stereocenters. The summed E-state index contributed by atoms with van der Waals surface area (Å²) in [6.45, 7) is 10.1. The molecule has 2 bridgehead atoms. The molecule has 0 aromatic rings. The smallest absolute Gasteiger partial charge is 0.410 e. The van der Waals surface area contributed by atoms with Crippen molar-refractivity contribution in [1.82, 2.24) is 10.2 Å². The summed E-state index contributed by atoms with van der Waals surface area (Å²) in [4.78, 5) is 14.3. The van der Waals surface area contributed by atoms with E-state index in [1.165, 1.54) is 0 Å². The number of fused-ring (bicyclic) bond motifs is 2. The molecule has 0 saturated carbocycles. The van der Waals surface area contributed by atoms with Crippen molar-refractivity contribution in [3.8, 4) is 0 Å². The summed E-state index contributed by atoms with van der Waals surface area (Å²) in [5, 5.41) is 4.05. The minimum atomic E-state index is -0.429. The van der Waals surface area contributed by atoms with Crippen molar-refractivity contribution in [3.63, 3.8) is 0 Å². The third-order valence-corrected chi connectivity index (χ3v) is 4.05. The van der Waals surface area contributed by atoms with E-state index in [4.69, 9.17) is 16.3 Å². The summed E-state index contributed by atoms with van der Waals surface area (Å²) in [7, 11) is 0. The normalized spacial score (nSPS) is 29.4. The predicted molar refractivity (Wildman–Crippen MR) is 80.9 cm³/mol. The molecule has 0 aromatic carbocycles. The van der Waals surface area contributed by atoms with Gasteiger partial charge in [0.25, 0.3) is 0 Å². The zero-order valence-electron chi connectivity index (χ0n) is 12.6. The number of nitrogens with one attached hydrogen (secondary N) is 1. The maximum Gasteiger partial charge on any atom is 0.410 e. The maximum atomic E-state index is 12.3. The molecule has 20 heavy (non-hydrogen) atoms. The quantitative estimate of drug-likeness (QED) is 0.870. The lowest BCUT2D eigenvalue weighted by Crippen LogP contribution is -2.52. The van der Waals surface area contributed by atoms with Gasteiger partial charge in [-0.25, -0.2) is 4.79 Å². The molecule has 0 spiro atoms. The Labute approximate surface area is 126 Å². The molecule has 5 heteroatoms. The molecule has 0 aliphatic carbocycles. The predicted octanol–water partition coefficient (Wildman–Crippen LogP) is 3.26. The average molecular weight is 301 g/mol. The van der Waals surface area contributed by atoms with Gasteiger partial charge >= 0.3 is 6.09 Å². The highest BCUT2D eigenvalue weighted by Crippen LogP contribution is 2.36. The number of halogens is 1. The fourth-order valence-corrected chi connectivity index (χ4v) is 3.29. The van der Waals surface area contributed by atoms with Crippen LogP contribution in [0.25, 0.3) is 0 Å². The summed E-state index contributed by atoms with van der Waals surface area (Å²) in [5.41, 5.74) is -0.429. The first-order chi connectivity index (χ1) is 9.26. The molecule has 2 rings (SSSR count). The van der Waals surface area contributed by atoms with Gasteiger partial charge in [0.05, 0.1) is 0 Å². The first kappa shape index (κ1) is 15.6. The fourth-order valence-electron chi connectivity index (χ4n) is 3.21. The molecule has 0 radical (unpaired) electrons. The lowest BCUT2D eigenvalue weighted by Gasteiger charge is -2.39. The van der Waals surface area contributed by atoms with Crippen LogP contribution in [0.3, 0.4) is 0 Å². The molecule has 2 atom stereocenters. The van der Waals surface area contributed by atoms with Crippen LogP contribution in [-0.2, 0) is 4.74 Å². The molecule has 1 N–H and O–H groups in total. The van der Waals surface area contributed by atoms with Crippen LogP contribution in [0.1, 0.15) is 46.5 Å². The minimum Gasteiger partial charge on any atom is -0.444 e. The van der Waals surface area contributed by atoms with E-state index in [1.54, 1.807) is 0 Å². The van der Waals surface area contributed by atoms with Crippen LogP contribution < -0.4 is 5.32 Å². The first-order valence-corrected chi connectivity index (χ1v) is 7.72. The minimum absolute atomic E-state index is 0.162. The van der Waals surface area contributed by atoms with Crippen LogP contribution in [0.15, 0.2) is 11.6 Å². The molecule has 2 heterocycles. The van der Waals surface area contributed by atoms with Crippen LogP contribution in [0.4, 0.5) is 4.79 Å². The highest BCUT2D eigenvalue weighted by Gasteiger charge is 2.44. The Morgan fingerprint density at radius 2 is 1.90 bits per heavy atom. The number of piperidine rings is 1. The van der Waals surface area contributed by atoms with Gasteiger partial charge in [0.1, 0.15) is 5.60 Å². The van der Waals surface area contributed by atoms with E-state index in [1.807, 2.05) is 25.7 Å². The second kappa shape index (κ2) is 5.94. The zero-order chi connectivity index (χ0) is 14.9. The Hall–Kier alpha value is -0.740. The number of hydrogen-bond acceptors (Lipinski definition) is 3. The van der Waals surface area contributed by atoms with E-state index in [0.717, 1.165) is 25.7 Å². The van der Waals surface area contributed by atoms with Crippen molar-refractivity contribution in [1.29, 1.82) is 0 Å². The van der Waals surface area contributed by atoms with Crippen LogP contribution in [-0.4, -0.2) is 41.3 Å². The van der Waals surface area contributed by atoms with E-state index >= 15 is 0 Å². The van der Waals surface area contributed by atoms with E-state index in [0.29, 0.717) is 29.7 Å². The second-order valence-corrected chi connectivity index (χ2v) is 7.37. The zero-order valence-corrected chi connectivity index (χ0v) is 13.4. The van der Waals surface area contributed by atoms with E-state index in [9.17, 15) is 4.79 Å². The van der Waals surface area contributed by atoms with Gasteiger partial charge in [0, 0.05) is 29.7 Å². The highest BCUT2D eigenvalue weighted by atomic mass is 35.5. The lowest BCUT2D eigenvalue weighted by molar-refractivity contribution is 0.00487. The average Bonchev–Trinajstić information content (AvgIpc) is 2.56. The lowest BCUT2D eigenvalue weighted by atomic mass is 9.98. The Balaban J connectivity index is 1.93. The van der Waals surface area contributed by atoms with Gasteiger partial charge in [0.15, 0.2) is 0 Å². The molecule has 0 aromatic heterocycles. The van der Waals surface area contributed by atoms with E-state index in [-0.39, 0.29) is 6.09 Å². The number of hydrogen-bond donors (Lipinski definition) is 1. The molecule has 2 aliphatic heterocycles. The summed E-state index contributed by atoms with van der Waals surface area (Å²) in [5.74, 6) is 0. The highest BCUT2D eigenvalue weighted by molar-refractivity contribution is 6.29. The van der Waals surface area contributed by atoms with Gasteiger partial charge in [-0.05, 0) is 46.5 Å². The number of nitrogens with zero attached hydrogens (tertiary/aromatic N) is 1. The van der Waals surface area contributed by atoms with Crippen molar-refractivity contribution in [3.05, 3.63) is 11.6 Å². The van der Waals surface area contributed by atoms with E-state index in [2.05, 4.69) is 11.9 Å². The number of carbonyl (C=O) groups is 1. The maximum absolute atomic E-state index is 12.3. The summed E-state index contributed by atoms with van der Waals surface area (Å²) in [6, 6.07) is 1.01. The molecule has 114 valence electrons. The third-order valence-electron chi connectivity index (χ3n) is 3.92. The van der Waals surface area contributed by atoms with E-state index < -0.39 is 5.60 Å². The van der Waals surface area contributed by atoms with Gasteiger partial charge in [-0.2, -0.15) is 0 Å². The topological polar surface area (TPSA) is 41.6 Å². The van der Waals surface area contributed by atoms with Crippen LogP contribution >= 0.6 is 11.6 Å². The van der Waals surface area contributed by atoms with Crippen molar-refractivity contribution in [2.24, 2.45) is 0 Å². The van der Waals surface area contributed by atoms with Crippen LogP contribution in [0.2, 0.25) is 0 Å². The second-order valence-electron chi connectivity index (χ2n) is 6.84. The van der Waals surface area contributed by atoms with Crippen molar-refractivity contribution >= 4 is 17.7 Å². The van der Waals surface area contributed by atoms with Gasteiger partial charge in [-0.3, -0.25) is 0 Å². The Bertz CT molecular complexity index is 378. The van der Waals surface area contributed by atoms with Gasteiger partial charge in [0.2, 0.25) is 0 Å². The third kappa shape index (κ3) is 3.89. The first-order valence-electron chi connectivity index (χ1n) is 7.34. The van der Waals surface area contributed by atoms with Crippen molar-refractivity contribution < 1.29 is 9.53 Å². The summed E-state index contributed by atoms with van der Waals surface area (Å²) >= 11 is 5.80. The Morgan fingerprint density at radius 1 is 1.35 bits per heavy atom. The molecule has 2 saturated heterocycles. The monoisotopic (exact) mass is 300 g/mol. The van der Waals surface area contributed by atoms with Gasteiger partial charge in [-0.1, -0.05) is 18.2 Å². The number of rotatable bonds is 3. The standard InChI is InChI=1S/C15H25ClN2O2/c1-10(16)9-17-11-7-12-5-6-13(8-11)18(12)14(19)20-15(2,3)4/h11-13,17H,1,5-9H2,2-4H3. The van der Waals surface area contributed by atoms with Crippen molar-refractivity contribution in [2.45, 2.75) is 70.2 Å². The van der Waals surface area contributed by atoms with Crippen LogP contribution in [0, 0.1) is 0 Å². The molecule has 1 amide bonds. The fraction of sp³-hybridized carbons (Fsp3) is 0.800. The summed E-state index contributed by atoms with van der Waals surface area (Å²) in [6.07, 6.45) is 3.93. The van der Waals surface area contributed by atoms with Crippen molar-refractivity contribution in [2.75, 3.05) is 6.54 Å². The SMILES string of the molecule is C=C(Cl)CNC1CC2CCC(C1)N2C(=O)OC(C)(C)C. The number of amides is 1. The molecular formula is C15H25ClN2O2. The largest absolute Gasteiger partial charge is 0.444 e. The van der Waals surface area contributed by atoms with Gasteiger partial charge in [-0.15, -0.1) is 0 Å². The molecule has 2 aliphatic rings. The van der Waals surface area contributed by atoms with Crippen LogP contribution in [0.5, 0.6) is 0 Å². The summed E-state index contributed by atoms with van der Waals surface area (Å²) < 4.78 is 5.52. The van der Waals surface area contributed by atoms with Gasteiger partial charge < -0.3 is 15.0 Å². The molecule has 4 nitrogen and oxygen atoms in total.